The molecule has 0 unspecified atom stereocenters. The van der Waals surface area contributed by atoms with E-state index in [1.165, 1.54) is 28.9 Å². The molecule has 2 nitrogen and oxygen atoms in total. The van der Waals surface area contributed by atoms with Gasteiger partial charge in [0.2, 0.25) is 5.91 Å². The molecule has 0 fully saturated rings. The molecule has 2 rings (SSSR count). The molecule has 0 atom stereocenters. The molecule has 0 aromatic heterocycles. The molecule has 154 valence electrons. The Morgan fingerprint density at radius 1 is 0.893 bits per heavy atom. The number of rotatable bonds is 2. The number of anilines is 1. The van der Waals surface area contributed by atoms with Crippen molar-refractivity contribution in [1.29, 1.82) is 0 Å². The number of benzene rings is 2. The highest BCUT2D eigenvalue weighted by molar-refractivity contribution is 5.90. The molecule has 28 heavy (non-hydrogen) atoms. The van der Waals surface area contributed by atoms with E-state index in [9.17, 15) is 35.5 Å². The van der Waals surface area contributed by atoms with Gasteiger partial charge in [-0.15, -0.1) is 0 Å². The zero-order chi connectivity index (χ0) is 21.8. The molecule has 2 aromatic rings. The van der Waals surface area contributed by atoms with Gasteiger partial charge in [-0.25, -0.2) is 17.6 Å². The fourth-order valence-electron chi connectivity index (χ4n) is 2.11. The minimum absolute atomic E-state index is 0.289. The largest absolute Gasteiger partial charge is 0.422 e. The molecule has 0 bridgehead atoms. The van der Waals surface area contributed by atoms with Gasteiger partial charge in [0, 0.05) is 6.42 Å². The van der Waals surface area contributed by atoms with E-state index in [1.54, 1.807) is 0 Å². The number of hydrogen-bond acceptors (Lipinski definition) is 1. The van der Waals surface area contributed by atoms with E-state index in [1.807, 2.05) is 0 Å². The predicted molar refractivity (Wildman–Crippen MR) is 90.8 cm³/mol. The normalized spacial score (nSPS) is 11.0. The lowest BCUT2D eigenvalue weighted by Crippen LogP contribution is -2.19. The lowest BCUT2D eigenvalue weighted by molar-refractivity contribution is -0.143. The van der Waals surface area contributed by atoms with Gasteiger partial charge in [-0.2, -0.15) is 13.2 Å². The summed E-state index contributed by atoms with van der Waals surface area (Å²) in [6.45, 7) is 7.66. The number of carbonyl (C=O) groups excluding carboxylic acids is 1. The molecule has 2 aromatic carbocycles. The van der Waals surface area contributed by atoms with Crippen LogP contribution in [0.4, 0.5) is 36.4 Å². The van der Waals surface area contributed by atoms with Crippen LogP contribution in [0.5, 0.6) is 0 Å². The second-order valence-electron chi connectivity index (χ2n) is 5.99. The van der Waals surface area contributed by atoms with Gasteiger partial charge >= 0.3 is 6.18 Å². The Balaban J connectivity index is 0.000000362. The SMILES string of the molecule is CCC(=O)Nc1c(F)c(F)c(C(F)(F)F)c(F)c1F.Cc1ccc(C)c(C)c1. The molecule has 0 saturated carbocycles. The van der Waals surface area contributed by atoms with Crippen LogP contribution in [-0.2, 0) is 11.0 Å². The monoisotopic (exact) mass is 409 g/mol. The van der Waals surface area contributed by atoms with Crippen LogP contribution in [0.3, 0.4) is 0 Å². The average Bonchev–Trinajstić information content (AvgIpc) is 2.59. The number of amides is 1. The van der Waals surface area contributed by atoms with Crippen molar-refractivity contribution in [2.75, 3.05) is 5.32 Å². The Labute approximate surface area is 157 Å². The lowest BCUT2D eigenvalue weighted by atomic mass is 10.1. The van der Waals surface area contributed by atoms with Crippen molar-refractivity contribution < 1.29 is 35.5 Å². The third-order valence-electron chi connectivity index (χ3n) is 3.79. The van der Waals surface area contributed by atoms with Crippen LogP contribution in [0.2, 0.25) is 0 Å². The maximum absolute atomic E-state index is 13.2. The first-order valence-corrected chi connectivity index (χ1v) is 8.08. The van der Waals surface area contributed by atoms with Gasteiger partial charge in [-0.05, 0) is 31.9 Å². The van der Waals surface area contributed by atoms with Crippen LogP contribution in [0.15, 0.2) is 18.2 Å². The summed E-state index contributed by atoms with van der Waals surface area (Å²) >= 11 is 0. The Bertz CT molecular complexity index is 847. The van der Waals surface area contributed by atoms with Gasteiger partial charge < -0.3 is 5.32 Å². The van der Waals surface area contributed by atoms with Crippen molar-refractivity contribution in [3.8, 4) is 0 Å². The zero-order valence-corrected chi connectivity index (χ0v) is 15.5. The Kier molecular flexibility index (Phi) is 7.60. The highest BCUT2D eigenvalue weighted by Gasteiger charge is 2.42. The van der Waals surface area contributed by atoms with Gasteiger partial charge in [0.05, 0.1) is 0 Å². The maximum Gasteiger partial charge on any atom is 0.422 e. The standard InChI is InChI=1S/C10H6F7NO.C9H12/c1-2-3(19)18-9-7(13)5(11)4(10(15,16)17)6(12)8(9)14;1-7-4-5-8(2)9(3)6-7/h2H2,1H3,(H,18,19);4-6H,1-3H3. The highest BCUT2D eigenvalue weighted by atomic mass is 19.4. The lowest BCUT2D eigenvalue weighted by Gasteiger charge is -2.14. The summed E-state index contributed by atoms with van der Waals surface area (Å²) in [6, 6.07) is 6.50. The third-order valence-corrected chi connectivity index (χ3v) is 3.79. The van der Waals surface area contributed by atoms with Gasteiger partial charge in [-0.1, -0.05) is 30.7 Å². The number of aryl methyl sites for hydroxylation is 3. The Morgan fingerprint density at radius 2 is 1.39 bits per heavy atom. The fourth-order valence-corrected chi connectivity index (χ4v) is 2.11. The zero-order valence-electron chi connectivity index (χ0n) is 15.5. The van der Waals surface area contributed by atoms with Crippen molar-refractivity contribution >= 4 is 11.6 Å². The first-order valence-electron chi connectivity index (χ1n) is 8.08. The van der Waals surface area contributed by atoms with Crippen molar-refractivity contribution in [3.05, 3.63) is 63.7 Å². The topological polar surface area (TPSA) is 29.1 Å². The molecular weight excluding hydrogens is 391 g/mol. The first-order chi connectivity index (χ1) is 12.8. The Hall–Kier alpha value is -2.58. The second-order valence-corrected chi connectivity index (χ2v) is 5.99. The predicted octanol–water partition coefficient (Wildman–Crippen LogP) is 6.22. The number of hydrogen-bond donors (Lipinski definition) is 1. The van der Waals surface area contributed by atoms with Crippen LogP contribution >= 0.6 is 0 Å². The van der Waals surface area contributed by atoms with Crippen LogP contribution in [-0.4, -0.2) is 5.91 Å². The van der Waals surface area contributed by atoms with Crippen molar-refractivity contribution in [3.63, 3.8) is 0 Å². The van der Waals surface area contributed by atoms with Gasteiger partial charge in [-0.3, -0.25) is 4.79 Å². The molecule has 1 amide bonds. The van der Waals surface area contributed by atoms with Crippen LogP contribution in [0.1, 0.15) is 35.6 Å². The molecule has 0 spiro atoms. The molecule has 0 aliphatic rings. The van der Waals surface area contributed by atoms with E-state index >= 15 is 0 Å². The van der Waals surface area contributed by atoms with Gasteiger partial charge in [0.1, 0.15) is 11.3 Å². The van der Waals surface area contributed by atoms with Gasteiger partial charge in [0.25, 0.3) is 0 Å². The van der Waals surface area contributed by atoms with E-state index in [0.717, 1.165) is 0 Å². The smallest absolute Gasteiger partial charge is 0.321 e. The molecular formula is C19H18F7NO. The fraction of sp³-hybridized carbons (Fsp3) is 0.316. The van der Waals surface area contributed by atoms with Gasteiger partial charge in [0.15, 0.2) is 23.3 Å². The van der Waals surface area contributed by atoms with E-state index in [4.69, 9.17) is 0 Å². The molecule has 0 aliphatic carbocycles. The van der Waals surface area contributed by atoms with Crippen molar-refractivity contribution in [2.45, 2.75) is 40.3 Å². The maximum atomic E-state index is 13.2. The minimum atomic E-state index is -5.61. The van der Waals surface area contributed by atoms with Crippen molar-refractivity contribution in [2.24, 2.45) is 0 Å². The van der Waals surface area contributed by atoms with E-state index in [0.29, 0.717) is 0 Å². The minimum Gasteiger partial charge on any atom is -0.321 e. The van der Waals surface area contributed by atoms with Crippen LogP contribution in [0.25, 0.3) is 0 Å². The third kappa shape index (κ3) is 5.46. The Morgan fingerprint density at radius 3 is 1.75 bits per heavy atom. The highest BCUT2D eigenvalue weighted by Crippen LogP contribution is 2.38. The molecule has 1 N–H and O–H groups in total. The summed E-state index contributed by atoms with van der Waals surface area (Å²) in [7, 11) is 0. The molecule has 0 radical (unpaired) electrons. The van der Waals surface area contributed by atoms with Crippen molar-refractivity contribution in [1.82, 2.24) is 0 Å². The van der Waals surface area contributed by atoms with E-state index in [2.05, 4.69) is 39.0 Å². The molecule has 0 heterocycles. The van der Waals surface area contributed by atoms with Crippen LogP contribution < -0.4 is 5.32 Å². The summed E-state index contributed by atoms with van der Waals surface area (Å²) in [5, 5.41) is 1.45. The van der Waals surface area contributed by atoms with E-state index < -0.39 is 46.6 Å². The second kappa shape index (κ2) is 9.07. The van der Waals surface area contributed by atoms with Crippen LogP contribution in [0, 0.1) is 44.0 Å². The number of alkyl halides is 3. The molecule has 0 saturated heterocycles. The number of nitrogens with one attached hydrogen (secondary N) is 1. The summed E-state index contributed by atoms with van der Waals surface area (Å²) in [5.41, 5.74) is -0.166. The summed E-state index contributed by atoms with van der Waals surface area (Å²) < 4.78 is 89.4. The summed E-state index contributed by atoms with van der Waals surface area (Å²) in [4.78, 5) is 10.9. The molecule has 0 aliphatic heterocycles. The number of halogens is 7. The quantitative estimate of drug-likeness (QED) is 0.463. The average molecular weight is 409 g/mol. The van der Waals surface area contributed by atoms with E-state index in [-0.39, 0.29) is 6.42 Å². The summed E-state index contributed by atoms with van der Waals surface area (Å²) in [5.74, 6) is -10.9. The molecule has 9 heteroatoms. The summed E-state index contributed by atoms with van der Waals surface area (Å²) in [6.07, 6.45) is -5.90. The number of carbonyl (C=O) groups is 1. The first kappa shape index (κ1) is 23.5.